The Labute approximate surface area is 100 Å². The Kier molecular flexibility index (Phi) is 3.33. The fraction of sp³-hybridized carbons (Fsp3) is 1.00. The second-order valence-electron chi connectivity index (χ2n) is 6.77. The lowest BCUT2D eigenvalue weighted by Gasteiger charge is -2.47. The number of aliphatic hydroxyl groups excluding tert-OH is 1. The van der Waals surface area contributed by atoms with Gasteiger partial charge in [0, 0.05) is 5.54 Å². The second kappa shape index (κ2) is 4.30. The van der Waals surface area contributed by atoms with Crippen molar-refractivity contribution in [3.8, 4) is 0 Å². The van der Waals surface area contributed by atoms with Crippen molar-refractivity contribution >= 4 is 0 Å². The van der Waals surface area contributed by atoms with Gasteiger partial charge >= 0.3 is 0 Å². The van der Waals surface area contributed by atoms with Gasteiger partial charge in [0.1, 0.15) is 0 Å². The summed E-state index contributed by atoms with van der Waals surface area (Å²) >= 11 is 0. The summed E-state index contributed by atoms with van der Waals surface area (Å²) in [4.78, 5) is 2.59. The first-order valence-corrected chi connectivity index (χ1v) is 6.90. The first-order chi connectivity index (χ1) is 7.47. The minimum absolute atomic E-state index is 0.00687. The van der Waals surface area contributed by atoms with E-state index in [-0.39, 0.29) is 17.1 Å². The average molecular weight is 225 g/mol. The molecule has 1 unspecified atom stereocenters. The first kappa shape index (κ1) is 12.4. The van der Waals surface area contributed by atoms with Gasteiger partial charge in [-0.2, -0.15) is 0 Å². The molecule has 0 bridgehead atoms. The monoisotopic (exact) mass is 225 g/mol. The van der Waals surface area contributed by atoms with E-state index in [9.17, 15) is 5.11 Å². The number of rotatable bonds is 2. The molecule has 1 heterocycles. The molecule has 2 nitrogen and oxygen atoms in total. The van der Waals surface area contributed by atoms with E-state index < -0.39 is 0 Å². The first-order valence-electron chi connectivity index (χ1n) is 6.90. The van der Waals surface area contributed by atoms with Gasteiger partial charge in [-0.3, -0.25) is 4.90 Å². The average Bonchev–Trinajstić information content (AvgIpc) is 2.86. The van der Waals surface area contributed by atoms with Crippen LogP contribution in [0, 0.1) is 5.41 Å². The SMILES string of the molecule is CC(C)(C)C(O)C1(N2CCCC2)CCCC1. The Morgan fingerprint density at radius 3 is 1.94 bits per heavy atom. The number of likely N-dealkylation sites (tertiary alicyclic amines) is 1. The Morgan fingerprint density at radius 2 is 1.50 bits per heavy atom. The zero-order chi connectivity index (χ0) is 11.8. The van der Waals surface area contributed by atoms with E-state index in [0.717, 1.165) is 0 Å². The lowest BCUT2D eigenvalue weighted by atomic mass is 9.74. The molecule has 2 heteroatoms. The molecule has 0 aromatic carbocycles. The third kappa shape index (κ3) is 2.02. The molecule has 94 valence electrons. The van der Waals surface area contributed by atoms with Crippen LogP contribution in [0.5, 0.6) is 0 Å². The number of nitrogens with zero attached hydrogens (tertiary/aromatic N) is 1. The highest BCUT2D eigenvalue weighted by Crippen LogP contribution is 2.44. The van der Waals surface area contributed by atoms with Gasteiger partial charge in [0.25, 0.3) is 0 Å². The van der Waals surface area contributed by atoms with Crippen molar-refractivity contribution in [2.75, 3.05) is 13.1 Å². The summed E-state index contributed by atoms with van der Waals surface area (Å²) in [5.41, 5.74) is 0.113. The largest absolute Gasteiger partial charge is 0.391 e. The summed E-state index contributed by atoms with van der Waals surface area (Å²) in [6.07, 6.45) is 7.45. The molecule has 0 aromatic rings. The summed E-state index contributed by atoms with van der Waals surface area (Å²) in [6.45, 7) is 8.93. The highest BCUT2D eigenvalue weighted by Gasteiger charge is 2.49. The van der Waals surface area contributed by atoms with Crippen LogP contribution in [0.15, 0.2) is 0 Å². The Hall–Kier alpha value is -0.0800. The van der Waals surface area contributed by atoms with Crippen molar-refractivity contribution in [3.05, 3.63) is 0 Å². The molecular weight excluding hydrogens is 198 g/mol. The molecule has 1 saturated heterocycles. The van der Waals surface area contributed by atoms with Crippen molar-refractivity contribution in [2.45, 2.75) is 70.9 Å². The van der Waals surface area contributed by atoms with Crippen LogP contribution in [0.4, 0.5) is 0 Å². The summed E-state index contributed by atoms with van der Waals surface area (Å²) in [7, 11) is 0. The van der Waals surface area contributed by atoms with Crippen LogP contribution >= 0.6 is 0 Å². The third-order valence-corrected chi connectivity index (χ3v) is 4.53. The van der Waals surface area contributed by atoms with E-state index in [1.165, 1.54) is 51.6 Å². The smallest absolute Gasteiger partial charge is 0.0771 e. The Morgan fingerprint density at radius 1 is 1.00 bits per heavy atom. The fourth-order valence-corrected chi connectivity index (χ4v) is 3.72. The summed E-state index contributed by atoms with van der Waals surface area (Å²) in [5.74, 6) is 0. The van der Waals surface area contributed by atoms with Crippen molar-refractivity contribution in [1.82, 2.24) is 4.90 Å². The molecule has 2 aliphatic rings. The lowest BCUT2D eigenvalue weighted by Crippen LogP contribution is -2.58. The molecule has 0 spiro atoms. The summed E-state index contributed by atoms with van der Waals surface area (Å²) in [6, 6.07) is 0. The lowest BCUT2D eigenvalue weighted by molar-refractivity contribution is -0.0743. The topological polar surface area (TPSA) is 23.5 Å². The van der Waals surface area contributed by atoms with Crippen molar-refractivity contribution < 1.29 is 5.11 Å². The molecule has 16 heavy (non-hydrogen) atoms. The standard InChI is InChI=1S/C14H27NO/c1-13(2,3)12(16)14(8-4-5-9-14)15-10-6-7-11-15/h12,16H,4-11H2,1-3H3. The summed E-state index contributed by atoms with van der Waals surface area (Å²) in [5, 5.41) is 10.8. The Bertz CT molecular complexity index is 232. The van der Waals surface area contributed by atoms with Crippen LogP contribution in [0.1, 0.15) is 59.3 Å². The van der Waals surface area contributed by atoms with Gasteiger partial charge in [0.05, 0.1) is 6.10 Å². The Balaban J connectivity index is 2.20. The molecule has 0 amide bonds. The fourth-order valence-electron chi connectivity index (χ4n) is 3.72. The minimum Gasteiger partial charge on any atom is -0.391 e. The maximum absolute atomic E-state index is 10.8. The van der Waals surface area contributed by atoms with Crippen LogP contribution in [-0.4, -0.2) is 34.7 Å². The minimum atomic E-state index is -0.180. The van der Waals surface area contributed by atoms with Gasteiger partial charge in [0.15, 0.2) is 0 Å². The molecule has 0 aromatic heterocycles. The number of aliphatic hydroxyl groups is 1. The summed E-state index contributed by atoms with van der Waals surface area (Å²) < 4.78 is 0. The van der Waals surface area contributed by atoms with Gasteiger partial charge in [-0.25, -0.2) is 0 Å². The van der Waals surface area contributed by atoms with Gasteiger partial charge in [-0.15, -0.1) is 0 Å². The zero-order valence-electron chi connectivity index (χ0n) is 11.1. The highest BCUT2D eigenvalue weighted by atomic mass is 16.3. The zero-order valence-corrected chi connectivity index (χ0v) is 11.1. The molecule has 1 atom stereocenters. The van der Waals surface area contributed by atoms with Crippen LogP contribution in [0.25, 0.3) is 0 Å². The van der Waals surface area contributed by atoms with Crippen LogP contribution < -0.4 is 0 Å². The molecule has 2 fully saturated rings. The van der Waals surface area contributed by atoms with Gasteiger partial charge < -0.3 is 5.11 Å². The van der Waals surface area contributed by atoms with Crippen LogP contribution in [-0.2, 0) is 0 Å². The maximum atomic E-state index is 10.8. The molecule has 2 rings (SSSR count). The molecule has 1 saturated carbocycles. The van der Waals surface area contributed by atoms with E-state index in [1.54, 1.807) is 0 Å². The van der Waals surface area contributed by atoms with Crippen molar-refractivity contribution in [3.63, 3.8) is 0 Å². The number of hydrogen-bond donors (Lipinski definition) is 1. The van der Waals surface area contributed by atoms with Crippen LogP contribution in [0.2, 0.25) is 0 Å². The van der Waals surface area contributed by atoms with Gasteiger partial charge in [0.2, 0.25) is 0 Å². The molecule has 1 N–H and O–H groups in total. The number of hydrogen-bond acceptors (Lipinski definition) is 2. The maximum Gasteiger partial charge on any atom is 0.0771 e. The molecule has 1 aliphatic heterocycles. The van der Waals surface area contributed by atoms with E-state index in [0.29, 0.717) is 0 Å². The van der Waals surface area contributed by atoms with E-state index in [1.807, 2.05) is 0 Å². The highest BCUT2D eigenvalue weighted by molar-refractivity contribution is 5.04. The van der Waals surface area contributed by atoms with Crippen LogP contribution in [0.3, 0.4) is 0 Å². The second-order valence-corrected chi connectivity index (χ2v) is 6.77. The quantitative estimate of drug-likeness (QED) is 0.781. The molecule has 1 aliphatic carbocycles. The predicted octanol–water partition coefficient (Wildman–Crippen LogP) is 2.80. The normalized spacial score (nSPS) is 28.5. The molecular formula is C14H27NO. The molecule has 0 radical (unpaired) electrons. The van der Waals surface area contributed by atoms with Crippen molar-refractivity contribution in [2.24, 2.45) is 5.41 Å². The van der Waals surface area contributed by atoms with E-state index >= 15 is 0 Å². The van der Waals surface area contributed by atoms with Gasteiger partial charge in [-0.1, -0.05) is 33.6 Å². The van der Waals surface area contributed by atoms with E-state index in [2.05, 4.69) is 25.7 Å². The van der Waals surface area contributed by atoms with Crippen molar-refractivity contribution in [1.29, 1.82) is 0 Å². The third-order valence-electron chi connectivity index (χ3n) is 4.53. The van der Waals surface area contributed by atoms with Gasteiger partial charge in [-0.05, 0) is 44.2 Å². The van der Waals surface area contributed by atoms with E-state index in [4.69, 9.17) is 0 Å². The predicted molar refractivity (Wildman–Crippen MR) is 67.5 cm³/mol.